The van der Waals surface area contributed by atoms with Crippen molar-refractivity contribution in [3.05, 3.63) is 55.1 Å². The number of aryl methyl sites for hydroxylation is 1. The highest BCUT2D eigenvalue weighted by atomic mass is 14.9. The Bertz CT molecular complexity index is 367. The van der Waals surface area contributed by atoms with Crippen molar-refractivity contribution in [2.24, 2.45) is 11.1 Å². The van der Waals surface area contributed by atoms with Gasteiger partial charge in [-0.15, -0.1) is 13.2 Å². The van der Waals surface area contributed by atoms with Crippen LogP contribution in [0.5, 0.6) is 0 Å². The molecule has 0 aliphatic rings. The Labute approximate surface area is 118 Å². The first-order chi connectivity index (χ1) is 9.01. The molecule has 1 rings (SSSR count). The SMILES string of the molecule is C=CC.C=CCC(C)(CN)CNc1ccc(C)cc1. The van der Waals surface area contributed by atoms with Crippen LogP contribution in [0.3, 0.4) is 0 Å². The van der Waals surface area contributed by atoms with Crippen LogP contribution in [-0.4, -0.2) is 13.1 Å². The molecular formula is C17H28N2. The summed E-state index contributed by atoms with van der Waals surface area (Å²) >= 11 is 0. The highest BCUT2D eigenvalue weighted by Gasteiger charge is 2.20. The van der Waals surface area contributed by atoms with Gasteiger partial charge in [0.25, 0.3) is 0 Å². The number of hydrogen-bond acceptors (Lipinski definition) is 2. The summed E-state index contributed by atoms with van der Waals surface area (Å²) in [5, 5.41) is 3.42. The minimum absolute atomic E-state index is 0.0899. The number of nitrogens with one attached hydrogen (secondary N) is 1. The predicted molar refractivity (Wildman–Crippen MR) is 87.5 cm³/mol. The second-order valence-electron chi connectivity index (χ2n) is 5.14. The molecule has 0 aliphatic heterocycles. The van der Waals surface area contributed by atoms with Crippen molar-refractivity contribution in [1.82, 2.24) is 0 Å². The van der Waals surface area contributed by atoms with Gasteiger partial charge in [-0.05, 0) is 38.9 Å². The van der Waals surface area contributed by atoms with Crippen LogP contribution in [0.2, 0.25) is 0 Å². The van der Waals surface area contributed by atoms with Crippen LogP contribution >= 0.6 is 0 Å². The number of rotatable bonds is 6. The zero-order chi connectivity index (χ0) is 14.7. The van der Waals surface area contributed by atoms with Crippen molar-refractivity contribution in [3.63, 3.8) is 0 Å². The van der Waals surface area contributed by atoms with E-state index in [1.807, 2.05) is 13.0 Å². The summed E-state index contributed by atoms with van der Waals surface area (Å²) in [6.45, 7) is 14.8. The van der Waals surface area contributed by atoms with E-state index in [0.29, 0.717) is 6.54 Å². The van der Waals surface area contributed by atoms with Gasteiger partial charge in [0.1, 0.15) is 0 Å². The molecule has 0 saturated heterocycles. The van der Waals surface area contributed by atoms with E-state index in [-0.39, 0.29) is 5.41 Å². The molecule has 0 amide bonds. The van der Waals surface area contributed by atoms with Gasteiger partial charge in [-0.2, -0.15) is 0 Å². The average Bonchev–Trinajstić information content (AvgIpc) is 2.39. The fourth-order valence-electron chi connectivity index (χ4n) is 1.56. The average molecular weight is 260 g/mol. The van der Waals surface area contributed by atoms with Crippen LogP contribution in [0.4, 0.5) is 5.69 Å². The van der Waals surface area contributed by atoms with E-state index in [4.69, 9.17) is 5.73 Å². The van der Waals surface area contributed by atoms with Gasteiger partial charge in [-0.1, -0.05) is 36.8 Å². The molecule has 0 aliphatic carbocycles. The van der Waals surface area contributed by atoms with Crippen molar-refractivity contribution < 1.29 is 0 Å². The van der Waals surface area contributed by atoms with Crippen molar-refractivity contribution in [1.29, 1.82) is 0 Å². The van der Waals surface area contributed by atoms with E-state index in [0.717, 1.165) is 18.7 Å². The molecule has 1 unspecified atom stereocenters. The number of nitrogens with two attached hydrogens (primary N) is 1. The quantitative estimate of drug-likeness (QED) is 0.754. The normalized spacial score (nSPS) is 12.6. The Morgan fingerprint density at radius 2 is 1.79 bits per heavy atom. The third kappa shape index (κ3) is 7.47. The third-order valence-corrected chi connectivity index (χ3v) is 2.90. The van der Waals surface area contributed by atoms with Gasteiger partial charge in [0.15, 0.2) is 0 Å². The molecule has 0 aromatic heterocycles. The van der Waals surface area contributed by atoms with Crippen molar-refractivity contribution in [2.45, 2.75) is 27.2 Å². The van der Waals surface area contributed by atoms with Gasteiger partial charge < -0.3 is 11.1 Å². The van der Waals surface area contributed by atoms with Crippen LogP contribution in [0.25, 0.3) is 0 Å². The van der Waals surface area contributed by atoms with E-state index < -0.39 is 0 Å². The zero-order valence-corrected chi connectivity index (χ0v) is 12.6. The number of allylic oxidation sites excluding steroid dienone is 2. The molecule has 0 fully saturated rings. The highest BCUT2D eigenvalue weighted by molar-refractivity contribution is 5.44. The molecule has 0 radical (unpaired) electrons. The number of benzene rings is 1. The van der Waals surface area contributed by atoms with Crippen molar-refractivity contribution in [3.8, 4) is 0 Å². The van der Waals surface area contributed by atoms with Gasteiger partial charge in [0, 0.05) is 17.6 Å². The third-order valence-electron chi connectivity index (χ3n) is 2.90. The van der Waals surface area contributed by atoms with E-state index in [9.17, 15) is 0 Å². The smallest absolute Gasteiger partial charge is 0.0340 e. The summed E-state index contributed by atoms with van der Waals surface area (Å²) in [7, 11) is 0. The lowest BCUT2D eigenvalue weighted by Crippen LogP contribution is -2.34. The van der Waals surface area contributed by atoms with Crippen LogP contribution in [0.15, 0.2) is 49.6 Å². The van der Waals surface area contributed by atoms with E-state index in [2.05, 4.69) is 56.6 Å². The van der Waals surface area contributed by atoms with Gasteiger partial charge >= 0.3 is 0 Å². The Hall–Kier alpha value is -1.54. The van der Waals surface area contributed by atoms with Crippen LogP contribution in [0, 0.1) is 12.3 Å². The topological polar surface area (TPSA) is 38.0 Å². The molecule has 19 heavy (non-hydrogen) atoms. The summed E-state index contributed by atoms with van der Waals surface area (Å²) in [6.07, 6.45) is 4.62. The Morgan fingerprint density at radius 3 is 2.21 bits per heavy atom. The standard InChI is InChI=1S/C14H22N2.C3H6/c1-4-9-14(3,10-15)11-16-13-7-5-12(2)6-8-13;1-3-2/h4-8,16H,1,9-11,15H2,2-3H3;3H,1H2,2H3. The van der Waals surface area contributed by atoms with Crippen LogP contribution in [0.1, 0.15) is 25.8 Å². The maximum absolute atomic E-state index is 5.79. The number of hydrogen-bond donors (Lipinski definition) is 2. The molecule has 1 aromatic carbocycles. The molecule has 1 aromatic rings. The fraction of sp³-hybridized carbons (Fsp3) is 0.412. The monoisotopic (exact) mass is 260 g/mol. The second-order valence-corrected chi connectivity index (χ2v) is 5.14. The zero-order valence-electron chi connectivity index (χ0n) is 12.6. The minimum atomic E-state index is 0.0899. The molecular weight excluding hydrogens is 232 g/mol. The van der Waals surface area contributed by atoms with Crippen molar-refractivity contribution >= 4 is 5.69 Å². The number of anilines is 1. The van der Waals surface area contributed by atoms with Crippen molar-refractivity contribution in [2.75, 3.05) is 18.4 Å². The summed E-state index contributed by atoms with van der Waals surface area (Å²) < 4.78 is 0. The molecule has 1 atom stereocenters. The van der Waals surface area contributed by atoms with E-state index in [1.54, 1.807) is 6.08 Å². The van der Waals surface area contributed by atoms with Gasteiger partial charge in [-0.3, -0.25) is 0 Å². The fourth-order valence-corrected chi connectivity index (χ4v) is 1.56. The molecule has 0 bridgehead atoms. The summed E-state index contributed by atoms with van der Waals surface area (Å²) in [4.78, 5) is 0. The van der Waals surface area contributed by atoms with E-state index in [1.165, 1.54) is 5.56 Å². The lowest BCUT2D eigenvalue weighted by atomic mass is 9.87. The maximum Gasteiger partial charge on any atom is 0.0340 e. The molecule has 0 spiro atoms. The first-order valence-corrected chi connectivity index (χ1v) is 6.70. The largest absolute Gasteiger partial charge is 0.384 e. The summed E-state index contributed by atoms with van der Waals surface area (Å²) in [5.41, 5.74) is 8.31. The molecule has 2 nitrogen and oxygen atoms in total. The first kappa shape index (κ1) is 17.5. The second kappa shape index (κ2) is 9.40. The molecule has 0 heterocycles. The van der Waals surface area contributed by atoms with Crippen LogP contribution in [-0.2, 0) is 0 Å². The Balaban J connectivity index is 0.000000982. The van der Waals surface area contributed by atoms with Gasteiger partial charge in [0.2, 0.25) is 0 Å². The first-order valence-electron chi connectivity index (χ1n) is 6.70. The summed E-state index contributed by atoms with van der Waals surface area (Å²) in [5.74, 6) is 0. The Kier molecular flexibility index (Phi) is 8.64. The maximum atomic E-state index is 5.79. The molecule has 3 N–H and O–H groups in total. The summed E-state index contributed by atoms with van der Waals surface area (Å²) in [6, 6.07) is 8.41. The minimum Gasteiger partial charge on any atom is -0.384 e. The lowest BCUT2D eigenvalue weighted by Gasteiger charge is -2.27. The molecule has 2 heteroatoms. The van der Waals surface area contributed by atoms with Gasteiger partial charge in [0.05, 0.1) is 0 Å². The Morgan fingerprint density at radius 1 is 1.26 bits per heavy atom. The van der Waals surface area contributed by atoms with Crippen LogP contribution < -0.4 is 11.1 Å². The lowest BCUT2D eigenvalue weighted by molar-refractivity contribution is 0.365. The van der Waals surface area contributed by atoms with Gasteiger partial charge in [-0.25, -0.2) is 0 Å². The molecule has 106 valence electrons. The molecule has 0 saturated carbocycles. The predicted octanol–water partition coefficient (Wildman–Crippen LogP) is 4.14. The van der Waals surface area contributed by atoms with E-state index >= 15 is 0 Å². The highest BCUT2D eigenvalue weighted by Crippen LogP contribution is 2.21.